The predicted molar refractivity (Wildman–Crippen MR) is 69.2 cm³/mol. The number of hydrogen-bond donors (Lipinski definition) is 0. The number of aromatic nitrogens is 1. The highest BCUT2D eigenvalue weighted by atomic mass is 32.1. The summed E-state index contributed by atoms with van der Waals surface area (Å²) in [5.74, 6) is -0.441. The molecule has 1 heterocycles. The molecule has 0 aliphatic rings. The van der Waals surface area contributed by atoms with E-state index in [0.29, 0.717) is 12.1 Å². The SMILES string of the molecule is CN(CCc1nccs1)C(=O)c1ccc(F)cc1. The summed E-state index contributed by atoms with van der Waals surface area (Å²) >= 11 is 1.58. The van der Waals surface area contributed by atoms with Gasteiger partial charge in [-0.15, -0.1) is 11.3 Å². The van der Waals surface area contributed by atoms with Crippen LogP contribution >= 0.6 is 11.3 Å². The first-order chi connectivity index (χ1) is 8.66. The zero-order chi connectivity index (χ0) is 13.0. The maximum absolute atomic E-state index is 12.8. The maximum Gasteiger partial charge on any atom is 0.253 e. The van der Waals surface area contributed by atoms with Crippen LogP contribution in [0.2, 0.25) is 0 Å². The number of hydrogen-bond acceptors (Lipinski definition) is 3. The number of benzene rings is 1. The molecule has 0 fully saturated rings. The molecule has 1 aromatic carbocycles. The van der Waals surface area contributed by atoms with Crippen LogP contribution in [0.3, 0.4) is 0 Å². The van der Waals surface area contributed by atoms with Crippen LogP contribution in [0.5, 0.6) is 0 Å². The molecule has 0 spiro atoms. The number of amides is 1. The Hall–Kier alpha value is -1.75. The number of rotatable bonds is 4. The zero-order valence-corrected chi connectivity index (χ0v) is 10.8. The van der Waals surface area contributed by atoms with E-state index in [1.807, 2.05) is 5.38 Å². The molecular weight excluding hydrogens is 251 g/mol. The lowest BCUT2D eigenvalue weighted by atomic mass is 10.2. The third-order valence-electron chi connectivity index (χ3n) is 2.58. The van der Waals surface area contributed by atoms with Gasteiger partial charge in [-0.2, -0.15) is 0 Å². The van der Waals surface area contributed by atoms with Crippen LogP contribution in [-0.2, 0) is 6.42 Å². The molecule has 0 radical (unpaired) electrons. The van der Waals surface area contributed by atoms with Gasteiger partial charge in [-0.05, 0) is 24.3 Å². The van der Waals surface area contributed by atoms with Crippen LogP contribution in [0.4, 0.5) is 4.39 Å². The topological polar surface area (TPSA) is 33.2 Å². The van der Waals surface area contributed by atoms with Gasteiger partial charge in [0.15, 0.2) is 0 Å². The molecular formula is C13H13FN2OS. The van der Waals surface area contributed by atoms with Crippen molar-refractivity contribution >= 4 is 17.2 Å². The molecule has 2 rings (SSSR count). The molecule has 18 heavy (non-hydrogen) atoms. The van der Waals surface area contributed by atoms with Gasteiger partial charge in [-0.25, -0.2) is 9.37 Å². The van der Waals surface area contributed by atoms with E-state index in [0.717, 1.165) is 11.4 Å². The molecule has 0 saturated carbocycles. The summed E-state index contributed by atoms with van der Waals surface area (Å²) in [5.41, 5.74) is 0.498. The van der Waals surface area contributed by atoms with Crippen molar-refractivity contribution in [3.63, 3.8) is 0 Å². The van der Waals surface area contributed by atoms with E-state index >= 15 is 0 Å². The lowest BCUT2D eigenvalue weighted by Crippen LogP contribution is -2.28. The first kappa shape index (κ1) is 12.7. The van der Waals surface area contributed by atoms with Crippen molar-refractivity contribution in [2.75, 3.05) is 13.6 Å². The molecule has 0 unspecified atom stereocenters. The Morgan fingerprint density at radius 3 is 2.72 bits per heavy atom. The van der Waals surface area contributed by atoms with Crippen molar-refractivity contribution in [3.05, 3.63) is 52.2 Å². The van der Waals surface area contributed by atoms with Crippen LogP contribution in [0.1, 0.15) is 15.4 Å². The highest BCUT2D eigenvalue weighted by Crippen LogP contribution is 2.08. The summed E-state index contributed by atoms with van der Waals surface area (Å²) in [5, 5.41) is 2.92. The largest absolute Gasteiger partial charge is 0.341 e. The first-order valence-corrected chi connectivity index (χ1v) is 6.44. The van der Waals surface area contributed by atoms with Gasteiger partial charge in [-0.1, -0.05) is 0 Å². The molecule has 2 aromatic rings. The molecule has 0 bridgehead atoms. The fourth-order valence-corrected chi connectivity index (χ4v) is 2.16. The van der Waals surface area contributed by atoms with Crippen LogP contribution in [-0.4, -0.2) is 29.4 Å². The minimum Gasteiger partial charge on any atom is -0.341 e. The summed E-state index contributed by atoms with van der Waals surface area (Å²) < 4.78 is 12.8. The molecule has 0 aliphatic carbocycles. The van der Waals surface area contributed by atoms with Gasteiger partial charge in [0.25, 0.3) is 5.91 Å². The molecule has 1 aromatic heterocycles. The van der Waals surface area contributed by atoms with Gasteiger partial charge >= 0.3 is 0 Å². The van der Waals surface area contributed by atoms with E-state index in [1.165, 1.54) is 24.3 Å². The van der Waals surface area contributed by atoms with Crippen LogP contribution in [0.15, 0.2) is 35.8 Å². The van der Waals surface area contributed by atoms with Crippen molar-refractivity contribution < 1.29 is 9.18 Å². The number of halogens is 1. The molecule has 0 N–H and O–H groups in total. The minimum absolute atomic E-state index is 0.105. The van der Waals surface area contributed by atoms with Gasteiger partial charge < -0.3 is 4.90 Å². The van der Waals surface area contributed by atoms with Gasteiger partial charge in [0.05, 0.1) is 5.01 Å². The number of thiazole rings is 1. The Morgan fingerprint density at radius 2 is 2.11 bits per heavy atom. The average molecular weight is 264 g/mol. The molecule has 5 heteroatoms. The molecule has 0 atom stereocenters. The Morgan fingerprint density at radius 1 is 1.39 bits per heavy atom. The summed E-state index contributed by atoms with van der Waals surface area (Å²) in [4.78, 5) is 17.8. The van der Waals surface area contributed by atoms with E-state index in [4.69, 9.17) is 0 Å². The third kappa shape index (κ3) is 3.13. The summed E-state index contributed by atoms with van der Waals surface area (Å²) in [6.45, 7) is 0.601. The maximum atomic E-state index is 12.8. The van der Waals surface area contributed by atoms with Crippen LogP contribution in [0.25, 0.3) is 0 Å². The molecule has 1 amide bonds. The molecule has 0 aliphatic heterocycles. The quantitative estimate of drug-likeness (QED) is 0.850. The zero-order valence-electron chi connectivity index (χ0n) is 9.97. The van der Waals surface area contributed by atoms with E-state index < -0.39 is 0 Å². The van der Waals surface area contributed by atoms with Gasteiger partial charge in [0.1, 0.15) is 5.82 Å². The second kappa shape index (κ2) is 5.73. The number of nitrogens with zero attached hydrogens (tertiary/aromatic N) is 2. The third-order valence-corrected chi connectivity index (χ3v) is 3.42. The van der Waals surface area contributed by atoms with Gasteiger partial charge in [0, 0.05) is 37.2 Å². The number of carbonyl (C=O) groups excluding carboxylic acids is 1. The Kier molecular flexibility index (Phi) is 4.04. The van der Waals surface area contributed by atoms with E-state index in [1.54, 1.807) is 29.5 Å². The average Bonchev–Trinajstić information content (AvgIpc) is 2.89. The predicted octanol–water partition coefficient (Wildman–Crippen LogP) is 2.60. The van der Waals surface area contributed by atoms with E-state index in [-0.39, 0.29) is 11.7 Å². The minimum atomic E-state index is -0.336. The first-order valence-electron chi connectivity index (χ1n) is 5.56. The van der Waals surface area contributed by atoms with E-state index in [9.17, 15) is 9.18 Å². The Balaban J connectivity index is 1.94. The Bertz CT molecular complexity index is 510. The smallest absolute Gasteiger partial charge is 0.253 e. The fourth-order valence-electron chi connectivity index (χ4n) is 1.55. The number of carbonyl (C=O) groups is 1. The lowest BCUT2D eigenvalue weighted by Gasteiger charge is -2.16. The summed E-state index contributed by atoms with van der Waals surface area (Å²) in [6.07, 6.45) is 2.49. The highest BCUT2D eigenvalue weighted by molar-refractivity contribution is 7.09. The highest BCUT2D eigenvalue weighted by Gasteiger charge is 2.11. The number of likely N-dealkylation sites (N-methyl/N-ethyl adjacent to an activating group) is 1. The van der Waals surface area contributed by atoms with E-state index in [2.05, 4.69) is 4.98 Å². The molecule has 0 saturated heterocycles. The Labute approximate surface area is 109 Å². The van der Waals surface area contributed by atoms with Crippen LogP contribution in [0, 0.1) is 5.82 Å². The van der Waals surface area contributed by atoms with Gasteiger partial charge in [0.2, 0.25) is 0 Å². The van der Waals surface area contributed by atoms with Crippen LogP contribution < -0.4 is 0 Å². The second-order valence-corrected chi connectivity index (χ2v) is 4.89. The molecule has 94 valence electrons. The van der Waals surface area contributed by atoms with Crippen molar-refractivity contribution in [2.24, 2.45) is 0 Å². The summed E-state index contributed by atoms with van der Waals surface area (Å²) in [7, 11) is 1.74. The summed E-state index contributed by atoms with van der Waals surface area (Å²) in [6, 6.07) is 5.58. The lowest BCUT2D eigenvalue weighted by molar-refractivity contribution is 0.0796. The molecule has 3 nitrogen and oxygen atoms in total. The monoisotopic (exact) mass is 264 g/mol. The van der Waals surface area contributed by atoms with Gasteiger partial charge in [-0.3, -0.25) is 4.79 Å². The normalized spacial score (nSPS) is 10.3. The van der Waals surface area contributed by atoms with Crippen molar-refractivity contribution in [2.45, 2.75) is 6.42 Å². The van der Waals surface area contributed by atoms with Crippen molar-refractivity contribution in [1.82, 2.24) is 9.88 Å². The van der Waals surface area contributed by atoms with Crippen molar-refractivity contribution in [3.8, 4) is 0 Å². The fraction of sp³-hybridized carbons (Fsp3) is 0.231. The standard InChI is InChI=1S/C13H13FN2OS/c1-16(8-6-12-15-7-9-18-12)13(17)10-2-4-11(14)5-3-10/h2-5,7,9H,6,8H2,1H3. The second-order valence-electron chi connectivity index (χ2n) is 3.91. The van der Waals surface area contributed by atoms with Crippen molar-refractivity contribution in [1.29, 1.82) is 0 Å².